The Labute approximate surface area is 263 Å². The van der Waals surface area contributed by atoms with Gasteiger partial charge in [-0.05, 0) is 63.9 Å². The number of pyridine rings is 2. The minimum atomic E-state index is -0.844. The lowest BCUT2D eigenvalue weighted by Gasteiger charge is -2.22. The highest BCUT2D eigenvalue weighted by Crippen LogP contribution is 2.21. The molecular formula is C38H36N4O3. The van der Waals surface area contributed by atoms with Crippen molar-refractivity contribution >= 4 is 33.4 Å². The lowest BCUT2D eigenvalue weighted by atomic mass is 10.0. The normalized spacial score (nSPS) is 10.6. The molecule has 0 saturated heterocycles. The summed E-state index contributed by atoms with van der Waals surface area (Å²) >= 11 is 0. The largest absolute Gasteiger partial charge is 0.459 e. The summed E-state index contributed by atoms with van der Waals surface area (Å²) in [7, 11) is 0. The summed E-state index contributed by atoms with van der Waals surface area (Å²) in [5.41, 5.74) is 4.08. The molecule has 0 fully saturated rings. The predicted molar refractivity (Wildman–Crippen MR) is 178 cm³/mol. The molecule has 0 aliphatic heterocycles. The number of fused-ring (bicyclic) bond motifs is 2. The standard InChI is InChI=1S/C21H20N2O3.C17H16N2/c1-2-26-21(25)20(24)23(15-18-11-5-6-13-22-18)14-17-10-7-9-16-8-3-4-12-19(16)17;1-2-10-17-14(6-1)7-5-8-15(17)12-18-13-16-9-3-4-11-19-16/h3-13H,2,14-15H2,1H3;1-11,18H,12-13H2. The van der Waals surface area contributed by atoms with Gasteiger partial charge >= 0.3 is 11.9 Å². The Morgan fingerprint density at radius 3 is 1.80 bits per heavy atom. The minimum Gasteiger partial charge on any atom is -0.459 e. The van der Waals surface area contributed by atoms with Crippen molar-refractivity contribution in [2.45, 2.75) is 33.1 Å². The number of hydrogen-bond acceptors (Lipinski definition) is 6. The molecule has 7 nitrogen and oxygen atoms in total. The van der Waals surface area contributed by atoms with Crippen LogP contribution in [0, 0.1) is 0 Å². The van der Waals surface area contributed by atoms with Crippen LogP contribution in [0.15, 0.2) is 134 Å². The van der Waals surface area contributed by atoms with Gasteiger partial charge in [0.15, 0.2) is 0 Å². The summed E-state index contributed by atoms with van der Waals surface area (Å²) in [6.45, 7) is 4.04. The van der Waals surface area contributed by atoms with E-state index in [2.05, 4.69) is 57.7 Å². The maximum atomic E-state index is 12.6. The van der Waals surface area contributed by atoms with Crippen LogP contribution in [0.3, 0.4) is 0 Å². The van der Waals surface area contributed by atoms with Crippen molar-refractivity contribution in [3.63, 3.8) is 0 Å². The van der Waals surface area contributed by atoms with Crippen molar-refractivity contribution in [1.82, 2.24) is 20.2 Å². The molecule has 1 amide bonds. The fourth-order valence-electron chi connectivity index (χ4n) is 5.12. The average molecular weight is 597 g/mol. The molecule has 0 bridgehead atoms. The third-order valence-electron chi connectivity index (χ3n) is 7.29. The van der Waals surface area contributed by atoms with Gasteiger partial charge in [-0.3, -0.25) is 14.8 Å². The fraction of sp³-hybridized carbons (Fsp3) is 0.158. The first kappa shape index (κ1) is 31.0. The zero-order valence-corrected chi connectivity index (χ0v) is 25.3. The van der Waals surface area contributed by atoms with Crippen LogP contribution in [-0.2, 0) is 40.5 Å². The molecule has 1 N–H and O–H groups in total. The third-order valence-corrected chi connectivity index (χ3v) is 7.29. The Bertz CT molecular complexity index is 1830. The van der Waals surface area contributed by atoms with E-state index in [0.717, 1.165) is 35.1 Å². The lowest BCUT2D eigenvalue weighted by Crippen LogP contribution is -2.37. The third kappa shape index (κ3) is 8.59. The number of nitrogens with zero attached hydrogens (tertiary/aromatic N) is 3. The van der Waals surface area contributed by atoms with Gasteiger partial charge in [-0.25, -0.2) is 4.79 Å². The maximum absolute atomic E-state index is 12.6. The number of amides is 1. The molecule has 4 aromatic carbocycles. The number of esters is 1. The van der Waals surface area contributed by atoms with Crippen molar-refractivity contribution in [3.8, 4) is 0 Å². The zero-order valence-electron chi connectivity index (χ0n) is 25.3. The van der Waals surface area contributed by atoms with Gasteiger partial charge in [0.2, 0.25) is 0 Å². The number of aromatic nitrogens is 2. The molecule has 0 saturated carbocycles. The smallest absolute Gasteiger partial charge is 0.397 e. The first-order valence-electron chi connectivity index (χ1n) is 15.0. The molecule has 2 heterocycles. The summed E-state index contributed by atoms with van der Waals surface area (Å²) in [6, 6.07) is 40.3. The topological polar surface area (TPSA) is 84.4 Å². The van der Waals surface area contributed by atoms with Crippen molar-refractivity contribution < 1.29 is 14.3 Å². The Hall–Kier alpha value is -5.40. The monoisotopic (exact) mass is 596 g/mol. The SMILES string of the molecule is CCOC(=O)C(=O)N(Cc1ccccn1)Cc1cccc2ccccc12.c1ccc(CNCc2cccc3ccccc23)nc1. The summed E-state index contributed by atoms with van der Waals surface area (Å²) in [5, 5.41) is 8.20. The van der Waals surface area contributed by atoms with Crippen LogP contribution >= 0.6 is 0 Å². The average Bonchev–Trinajstić information content (AvgIpc) is 3.09. The second kappa shape index (κ2) is 15.9. The van der Waals surface area contributed by atoms with Crippen LogP contribution in [0.2, 0.25) is 0 Å². The van der Waals surface area contributed by atoms with Crippen LogP contribution in [0.25, 0.3) is 21.5 Å². The first-order valence-corrected chi connectivity index (χ1v) is 15.0. The first-order chi connectivity index (χ1) is 22.1. The van der Waals surface area contributed by atoms with Gasteiger partial charge in [0, 0.05) is 32.0 Å². The second-order valence-electron chi connectivity index (χ2n) is 10.4. The van der Waals surface area contributed by atoms with Crippen molar-refractivity contribution in [1.29, 1.82) is 0 Å². The van der Waals surface area contributed by atoms with Gasteiger partial charge in [0.1, 0.15) is 0 Å². The van der Waals surface area contributed by atoms with Crippen molar-refractivity contribution in [2.75, 3.05) is 6.61 Å². The number of carbonyl (C=O) groups is 2. The lowest BCUT2D eigenvalue weighted by molar-refractivity contribution is -0.160. The van der Waals surface area contributed by atoms with E-state index in [9.17, 15) is 9.59 Å². The van der Waals surface area contributed by atoms with E-state index in [-0.39, 0.29) is 13.2 Å². The van der Waals surface area contributed by atoms with Gasteiger partial charge in [0.25, 0.3) is 0 Å². The van der Waals surface area contributed by atoms with Crippen molar-refractivity contribution in [2.24, 2.45) is 0 Å². The predicted octanol–water partition coefficient (Wildman–Crippen LogP) is 6.85. The second-order valence-corrected chi connectivity index (χ2v) is 10.4. The highest BCUT2D eigenvalue weighted by molar-refractivity contribution is 6.32. The Morgan fingerprint density at radius 1 is 0.622 bits per heavy atom. The maximum Gasteiger partial charge on any atom is 0.397 e. The van der Waals surface area contributed by atoms with E-state index < -0.39 is 11.9 Å². The summed E-state index contributed by atoms with van der Waals surface area (Å²) in [6.07, 6.45) is 3.50. The molecule has 0 radical (unpaired) electrons. The fourth-order valence-corrected chi connectivity index (χ4v) is 5.12. The Kier molecular flexibility index (Phi) is 11.0. The van der Waals surface area contributed by atoms with Crippen LogP contribution < -0.4 is 5.32 Å². The number of nitrogens with one attached hydrogen (secondary N) is 1. The molecule has 0 aliphatic rings. The van der Waals surface area contributed by atoms with E-state index >= 15 is 0 Å². The Balaban J connectivity index is 0.000000186. The van der Waals surface area contributed by atoms with Crippen LogP contribution in [-0.4, -0.2) is 33.4 Å². The van der Waals surface area contributed by atoms with Crippen LogP contribution in [0.5, 0.6) is 0 Å². The summed E-state index contributed by atoms with van der Waals surface area (Å²) < 4.78 is 4.90. The molecule has 0 unspecified atom stereocenters. The number of carbonyl (C=O) groups excluding carboxylic acids is 2. The van der Waals surface area contributed by atoms with Gasteiger partial charge in [-0.2, -0.15) is 0 Å². The molecule has 2 aromatic heterocycles. The van der Waals surface area contributed by atoms with E-state index in [1.54, 1.807) is 13.1 Å². The summed E-state index contributed by atoms with van der Waals surface area (Å²) in [4.78, 5) is 34.6. The van der Waals surface area contributed by atoms with E-state index in [0.29, 0.717) is 12.2 Å². The molecular weight excluding hydrogens is 560 g/mol. The van der Waals surface area contributed by atoms with Gasteiger partial charge in [-0.15, -0.1) is 0 Å². The molecule has 7 heteroatoms. The molecule has 45 heavy (non-hydrogen) atoms. The molecule has 6 rings (SSSR count). The van der Waals surface area contributed by atoms with E-state index in [1.165, 1.54) is 21.2 Å². The number of rotatable bonds is 9. The van der Waals surface area contributed by atoms with Crippen LogP contribution in [0.4, 0.5) is 0 Å². The van der Waals surface area contributed by atoms with Gasteiger partial charge < -0.3 is 15.0 Å². The van der Waals surface area contributed by atoms with Gasteiger partial charge in [-0.1, -0.05) is 97.1 Å². The number of hydrogen-bond donors (Lipinski definition) is 1. The quantitative estimate of drug-likeness (QED) is 0.145. The number of benzene rings is 4. The number of ether oxygens (including phenoxy) is 1. The highest BCUT2D eigenvalue weighted by atomic mass is 16.5. The molecule has 0 spiro atoms. The van der Waals surface area contributed by atoms with Gasteiger partial charge in [0.05, 0.1) is 24.5 Å². The zero-order chi connectivity index (χ0) is 31.3. The van der Waals surface area contributed by atoms with Crippen LogP contribution in [0.1, 0.15) is 29.4 Å². The summed E-state index contributed by atoms with van der Waals surface area (Å²) in [5.74, 6) is -1.51. The molecule has 6 aromatic rings. The molecule has 0 aliphatic carbocycles. The highest BCUT2D eigenvalue weighted by Gasteiger charge is 2.24. The molecule has 0 atom stereocenters. The minimum absolute atomic E-state index is 0.163. The van der Waals surface area contributed by atoms with Crippen molar-refractivity contribution in [3.05, 3.63) is 156 Å². The van der Waals surface area contributed by atoms with E-state index in [4.69, 9.17) is 4.74 Å². The Morgan fingerprint density at radius 2 is 1.18 bits per heavy atom. The van der Waals surface area contributed by atoms with E-state index in [1.807, 2.05) is 85.1 Å². The molecule has 226 valence electrons.